The Labute approximate surface area is 112 Å². The third kappa shape index (κ3) is 2.11. The Bertz CT molecular complexity index is 727. The molecule has 0 aliphatic heterocycles. The Morgan fingerprint density at radius 3 is 2.68 bits per heavy atom. The lowest BCUT2D eigenvalue weighted by atomic mass is 9.96. The molecule has 0 bridgehead atoms. The fraction of sp³-hybridized carbons (Fsp3) is 0.118. The second kappa shape index (κ2) is 4.82. The number of pyridine rings is 1. The number of aromatic nitrogens is 1. The highest BCUT2D eigenvalue weighted by atomic mass is 14.6. The van der Waals surface area contributed by atoms with E-state index in [-0.39, 0.29) is 0 Å². The number of aryl methyl sites for hydroxylation is 1. The molecule has 3 rings (SSSR count). The van der Waals surface area contributed by atoms with Crippen molar-refractivity contribution >= 4 is 10.9 Å². The fourth-order valence-corrected chi connectivity index (χ4v) is 2.41. The number of benzene rings is 2. The molecule has 2 N–H and O–H groups in total. The Kier molecular flexibility index (Phi) is 3.02. The normalized spacial score (nSPS) is 10.8. The first-order chi connectivity index (χ1) is 9.29. The molecule has 0 atom stereocenters. The maximum Gasteiger partial charge on any atom is 0.0780 e. The van der Waals surface area contributed by atoms with Gasteiger partial charge in [0.15, 0.2) is 0 Å². The van der Waals surface area contributed by atoms with Gasteiger partial charge in [-0.3, -0.25) is 4.98 Å². The van der Waals surface area contributed by atoms with E-state index in [2.05, 4.69) is 54.4 Å². The van der Waals surface area contributed by atoms with Gasteiger partial charge in [-0.05, 0) is 35.7 Å². The van der Waals surface area contributed by atoms with E-state index >= 15 is 0 Å². The molecule has 94 valence electrons. The summed E-state index contributed by atoms with van der Waals surface area (Å²) in [6, 6.07) is 16.7. The topological polar surface area (TPSA) is 38.9 Å². The summed E-state index contributed by atoms with van der Waals surface area (Å²) in [6.07, 6.45) is 1.84. The Hall–Kier alpha value is -2.19. The third-order valence-electron chi connectivity index (χ3n) is 3.46. The smallest absolute Gasteiger partial charge is 0.0780 e. The highest BCUT2D eigenvalue weighted by molar-refractivity contribution is 5.94. The predicted octanol–water partition coefficient (Wildman–Crippen LogP) is 3.67. The molecule has 0 amide bonds. The SMILES string of the molecule is Cc1ccc(CN)cc1-c1cccc2cccnc12. The summed E-state index contributed by atoms with van der Waals surface area (Å²) in [5.41, 5.74) is 11.6. The second-order valence-corrected chi connectivity index (χ2v) is 4.73. The highest BCUT2D eigenvalue weighted by Crippen LogP contribution is 2.30. The zero-order valence-corrected chi connectivity index (χ0v) is 10.9. The number of rotatable bonds is 2. The van der Waals surface area contributed by atoms with Crippen LogP contribution in [0.25, 0.3) is 22.0 Å². The molecule has 0 saturated carbocycles. The van der Waals surface area contributed by atoms with Gasteiger partial charge in [0.1, 0.15) is 0 Å². The summed E-state index contributed by atoms with van der Waals surface area (Å²) >= 11 is 0. The molecule has 1 heterocycles. The van der Waals surface area contributed by atoms with Gasteiger partial charge >= 0.3 is 0 Å². The van der Waals surface area contributed by atoms with Gasteiger partial charge in [0.25, 0.3) is 0 Å². The molecule has 0 aliphatic rings. The van der Waals surface area contributed by atoms with E-state index in [1.54, 1.807) is 0 Å². The van der Waals surface area contributed by atoms with Crippen molar-refractivity contribution < 1.29 is 0 Å². The van der Waals surface area contributed by atoms with E-state index in [1.165, 1.54) is 16.7 Å². The maximum atomic E-state index is 5.74. The van der Waals surface area contributed by atoms with E-state index < -0.39 is 0 Å². The molecule has 2 aromatic carbocycles. The van der Waals surface area contributed by atoms with Crippen LogP contribution in [0, 0.1) is 6.92 Å². The van der Waals surface area contributed by atoms with Crippen LogP contribution in [0.4, 0.5) is 0 Å². The number of hydrogen-bond donors (Lipinski definition) is 1. The quantitative estimate of drug-likeness (QED) is 0.751. The fourth-order valence-electron chi connectivity index (χ4n) is 2.41. The summed E-state index contributed by atoms with van der Waals surface area (Å²) in [5.74, 6) is 0. The van der Waals surface area contributed by atoms with E-state index in [4.69, 9.17) is 5.73 Å². The van der Waals surface area contributed by atoms with Crippen LogP contribution >= 0.6 is 0 Å². The molecule has 0 radical (unpaired) electrons. The van der Waals surface area contributed by atoms with Crippen molar-refractivity contribution in [3.63, 3.8) is 0 Å². The maximum absolute atomic E-state index is 5.74. The van der Waals surface area contributed by atoms with Crippen molar-refractivity contribution in [1.29, 1.82) is 0 Å². The molecule has 19 heavy (non-hydrogen) atoms. The summed E-state index contributed by atoms with van der Waals surface area (Å²) in [7, 11) is 0. The van der Waals surface area contributed by atoms with Gasteiger partial charge in [-0.2, -0.15) is 0 Å². The first kappa shape index (κ1) is 11.9. The van der Waals surface area contributed by atoms with Crippen LogP contribution in [0.5, 0.6) is 0 Å². The minimum Gasteiger partial charge on any atom is -0.326 e. The number of nitrogens with two attached hydrogens (primary N) is 1. The van der Waals surface area contributed by atoms with Gasteiger partial charge in [-0.25, -0.2) is 0 Å². The van der Waals surface area contributed by atoms with Crippen molar-refractivity contribution in [3.8, 4) is 11.1 Å². The van der Waals surface area contributed by atoms with Crippen molar-refractivity contribution in [3.05, 3.63) is 65.9 Å². The van der Waals surface area contributed by atoms with Crippen molar-refractivity contribution in [1.82, 2.24) is 4.98 Å². The molecule has 1 aromatic heterocycles. The van der Waals surface area contributed by atoms with Crippen LogP contribution in [0.1, 0.15) is 11.1 Å². The van der Waals surface area contributed by atoms with Crippen LogP contribution in [-0.4, -0.2) is 4.98 Å². The van der Waals surface area contributed by atoms with E-state index in [0.29, 0.717) is 6.54 Å². The highest BCUT2D eigenvalue weighted by Gasteiger charge is 2.07. The van der Waals surface area contributed by atoms with Crippen LogP contribution in [0.2, 0.25) is 0 Å². The lowest BCUT2D eigenvalue weighted by Gasteiger charge is -2.10. The third-order valence-corrected chi connectivity index (χ3v) is 3.46. The van der Waals surface area contributed by atoms with Crippen molar-refractivity contribution in [2.24, 2.45) is 5.73 Å². The van der Waals surface area contributed by atoms with Crippen molar-refractivity contribution in [2.75, 3.05) is 0 Å². The minimum absolute atomic E-state index is 0.561. The molecule has 3 aromatic rings. The number of fused-ring (bicyclic) bond motifs is 1. The van der Waals surface area contributed by atoms with Crippen molar-refractivity contribution in [2.45, 2.75) is 13.5 Å². The molecule has 0 spiro atoms. The summed E-state index contributed by atoms with van der Waals surface area (Å²) in [4.78, 5) is 4.52. The van der Waals surface area contributed by atoms with Gasteiger partial charge in [0.05, 0.1) is 5.52 Å². The Morgan fingerprint density at radius 2 is 1.84 bits per heavy atom. The summed E-state index contributed by atoms with van der Waals surface area (Å²) in [6.45, 7) is 2.68. The number of hydrogen-bond acceptors (Lipinski definition) is 2. The number of para-hydroxylation sites is 1. The van der Waals surface area contributed by atoms with Gasteiger partial charge in [0.2, 0.25) is 0 Å². The first-order valence-electron chi connectivity index (χ1n) is 6.43. The zero-order valence-electron chi connectivity index (χ0n) is 10.9. The standard InChI is InChI=1S/C17H16N2/c1-12-7-8-13(11-18)10-16(12)15-6-2-4-14-5-3-9-19-17(14)15/h2-10H,11,18H2,1H3. The van der Waals surface area contributed by atoms with E-state index in [9.17, 15) is 0 Å². The lowest BCUT2D eigenvalue weighted by Crippen LogP contribution is -1.97. The largest absolute Gasteiger partial charge is 0.326 e. The molecule has 2 heteroatoms. The molecular formula is C17H16N2. The van der Waals surface area contributed by atoms with Gasteiger partial charge in [0, 0.05) is 23.7 Å². The van der Waals surface area contributed by atoms with Gasteiger partial charge in [-0.15, -0.1) is 0 Å². The minimum atomic E-state index is 0.561. The van der Waals surface area contributed by atoms with Gasteiger partial charge < -0.3 is 5.73 Å². The molecule has 0 unspecified atom stereocenters. The molecular weight excluding hydrogens is 232 g/mol. The van der Waals surface area contributed by atoms with Crippen LogP contribution in [0.3, 0.4) is 0 Å². The molecule has 2 nitrogen and oxygen atoms in total. The lowest BCUT2D eigenvalue weighted by molar-refractivity contribution is 1.07. The number of nitrogens with zero attached hydrogens (tertiary/aromatic N) is 1. The summed E-state index contributed by atoms with van der Waals surface area (Å²) < 4.78 is 0. The molecule has 0 fully saturated rings. The van der Waals surface area contributed by atoms with E-state index in [0.717, 1.165) is 16.5 Å². The van der Waals surface area contributed by atoms with Crippen LogP contribution < -0.4 is 5.73 Å². The Balaban J connectivity index is 2.30. The first-order valence-corrected chi connectivity index (χ1v) is 6.43. The Morgan fingerprint density at radius 1 is 1.00 bits per heavy atom. The van der Waals surface area contributed by atoms with Gasteiger partial charge in [-0.1, -0.05) is 36.4 Å². The zero-order chi connectivity index (χ0) is 13.2. The summed E-state index contributed by atoms with van der Waals surface area (Å²) in [5, 5.41) is 1.16. The predicted molar refractivity (Wildman–Crippen MR) is 79.8 cm³/mol. The average Bonchev–Trinajstić information content (AvgIpc) is 2.47. The van der Waals surface area contributed by atoms with Crippen LogP contribution in [0.15, 0.2) is 54.7 Å². The monoisotopic (exact) mass is 248 g/mol. The molecule has 0 aliphatic carbocycles. The average molecular weight is 248 g/mol. The van der Waals surface area contributed by atoms with E-state index in [1.807, 2.05) is 12.3 Å². The molecule has 0 saturated heterocycles. The van der Waals surface area contributed by atoms with Crippen LogP contribution in [-0.2, 0) is 6.54 Å². The second-order valence-electron chi connectivity index (χ2n) is 4.73.